The minimum atomic E-state index is -4.59. The van der Waals surface area contributed by atoms with Crippen molar-refractivity contribution in [2.75, 3.05) is 6.54 Å². The number of benzene rings is 4. The summed E-state index contributed by atoms with van der Waals surface area (Å²) in [7, 11) is 0. The van der Waals surface area contributed by atoms with Crippen molar-refractivity contribution in [2.24, 2.45) is 0 Å². The molecule has 0 saturated heterocycles. The van der Waals surface area contributed by atoms with Crippen LogP contribution in [0.4, 0.5) is 13.2 Å². The fraction of sp³-hybridized carbons (Fsp3) is 0.175. The highest BCUT2D eigenvalue weighted by molar-refractivity contribution is 5.96. The molecule has 6 rings (SSSR count). The first kappa shape index (κ1) is 32.4. The summed E-state index contributed by atoms with van der Waals surface area (Å²) in [5.41, 5.74) is 4.60. The lowest BCUT2D eigenvalue weighted by Gasteiger charge is -2.37. The Labute approximate surface area is 278 Å². The summed E-state index contributed by atoms with van der Waals surface area (Å²) in [5.74, 6) is -0.775. The average molecular weight is 646 g/mol. The molecular weight excluding hydrogens is 611 g/mol. The Morgan fingerprint density at radius 2 is 1.48 bits per heavy atom. The Kier molecular flexibility index (Phi) is 9.80. The average Bonchev–Trinajstić information content (AvgIpc) is 3.12. The van der Waals surface area contributed by atoms with Gasteiger partial charge in [-0.1, -0.05) is 103 Å². The molecule has 0 unspecified atom stereocenters. The summed E-state index contributed by atoms with van der Waals surface area (Å²) in [6.07, 6.45) is 0.383. The second-order valence-corrected chi connectivity index (χ2v) is 11.8. The topological polar surface area (TPSA) is 53.5 Å². The van der Waals surface area contributed by atoms with Crippen LogP contribution in [0.15, 0.2) is 134 Å². The van der Waals surface area contributed by atoms with Crippen LogP contribution in [0.2, 0.25) is 0 Å². The highest BCUT2D eigenvalue weighted by Crippen LogP contribution is 2.32. The number of alkyl halides is 3. The van der Waals surface area contributed by atoms with Gasteiger partial charge in [-0.25, -0.2) is 0 Å². The first-order chi connectivity index (χ1) is 23.3. The normalized spacial score (nSPS) is 13.6. The summed E-state index contributed by atoms with van der Waals surface area (Å²) in [6.45, 7) is 0.979. The maximum atomic E-state index is 14.5. The number of hydrogen-bond acceptors (Lipinski definition) is 3. The molecule has 2 amide bonds. The van der Waals surface area contributed by atoms with E-state index in [-0.39, 0.29) is 24.4 Å². The maximum absolute atomic E-state index is 14.5. The second kappa shape index (κ2) is 14.5. The smallest absolute Gasteiger partial charge is 0.336 e. The lowest BCUT2D eigenvalue weighted by Crippen LogP contribution is -2.52. The van der Waals surface area contributed by atoms with Crippen molar-refractivity contribution in [2.45, 2.75) is 38.1 Å². The van der Waals surface area contributed by atoms with Crippen LogP contribution in [-0.2, 0) is 41.7 Å². The lowest BCUT2D eigenvalue weighted by molar-refractivity contribution is -0.144. The fourth-order valence-corrected chi connectivity index (χ4v) is 6.07. The largest absolute Gasteiger partial charge is 0.416 e. The van der Waals surface area contributed by atoms with Gasteiger partial charge in [-0.15, -0.1) is 0 Å². The van der Waals surface area contributed by atoms with Crippen molar-refractivity contribution in [3.05, 3.63) is 167 Å². The van der Waals surface area contributed by atoms with E-state index >= 15 is 0 Å². The molecule has 1 aliphatic heterocycles. The van der Waals surface area contributed by atoms with E-state index in [0.717, 1.165) is 40.1 Å². The number of carbonyl (C=O) groups excluding carboxylic acids is 2. The van der Waals surface area contributed by atoms with Crippen molar-refractivity contribution < 1.29 is 22.8 Å². The minimum absolute atomic E-state index is 0.0697. The molecule has 1 aliphatic rings. The van der Waals surface area contributed by atoms with E-state index in [1.54, 1.807) is 11.1 Å². The van der Waals surface area contributed by atoms with Crippen LogP contribution >= 0.6 is 0 Å². The number of amides is 2. The molecule has 4 aromatic carbocycles. The number of hydrogen-bond donors (Lipinski definition) is 0. The van der Waals surface area contributed by atoms with Gasteiger partial charge in [0.15, 0.2) is 0 Å². The van der Waals surface area contributed by atoms with Crippen LogP contribution in [-0.4, -0.2) is 39.2 Å². The molecule has 242 valence electrons. The first-order valence-corrected chi connectivity index (χ1v) is 15.8. The zero-order valence-electron chi connectivity index (χ0n) is 26.2. The van der Waals surface area contributed by atoms with Crippen LogP contribution in [0.5, 0.6) is 0 Å². The van der Waals surface area contributed by atoms with Gasteiger partial charge in [0.1, 0.15) is 6.04 Å². The van der Waals surface area contributed by atoms with Crippen molar-refractivity contribution in [3.63, 3.8) is 0 Å². The molecule has 8 heteroatoms. The quantitative estimate of drug-likeness (QED) is 0.153. The Morgan fingerprint density at radius 3 is 2.21 bits per heavy atom. The van der Waals surface area contributed by atoms with Crippen molar-refractivity contribution in [1.82, 2.24) is 14.8 Å². The van der Waals surface area contributed by atoms with Crippen molar-refractivity contribution in [3.8, 4) is 11.3 Å². The molecule has 0 aliphatic carbocycles. The van der Waals surface area contributed by atoms with Gasteiger partial charge in [0.05, 0.1) is 11.3 Å². The van der Waals surface area contributed by atoms with Crippen molar-refractivity contribution >= 4 is 17.9 Å². The third-order valence-electron chi connectivity index (χ3n) is 8.60. The number of pyridine rings is 1. The third kappa shape index (κ3) is 7.72. The molecule has 1 atom stereocenters. The summed E-state index contributed by atoms with van der Waals surface area (Å²) >= 11 is 0. The van der Waals surface area contributed by atoms with Gasteiger partial charge in [0, 0.05) is 43.9 Å². The van der Waals surface area contributed by atoms with Gasteiger partial charge < -0.3 is 9.80 Å². The molecular formula is C40H34F3N3O2. The zero-order chi connectivity index (χ0) is 33.5. The predicted molar refractivity (Wildman–Crippen MR) is 180 cm³/mol. The second-order valence-electron chi connectivity index (χ2n) is 11.8. The molecule has 5 aromatic rings. The minimum Gasteiger partial charge on any atom is -0.336 e. The van der Waals surface area contributed by atoms with Crippen LogP contribution in [0.3, 0.4) is 0 Å². The lowest BCUT2D eigenvalue weighted by atomic mass is 9.97. The van der Waals surface area contributed by atoms with E-state index in [1.807, 2.05) is 91.0 Å². The Balaban J connectivity index is 1.37. The molecule has 5 nitrogen and oxygen atoms in total. The van der Waals surface area contributed by atoms with E-state index in [9.17, 15) is 22.8 Å². The summed E-state index contributed by atoms with van der Waals surface area (Å²) in [4.78, 5) is 36.3. The fourth-order valence-electron chi connectivity index (χ4n) is 6.07. The van der Waals surface area contributed by atoms with E-state index in [2.05, 4.69) is 11.1 Å². The number of rotatable bonds is 9. The standard InChI is InChI=1S/C40H34F3N3O2/c41-40(42,43)35-15-7-6-13-32(35)21-22-38(47)46(27-30-17-19-33(20-18-30)36-16-8-9-24-44-36)37(26-29-10-2-1-3-11-29)39(48)45-25-23-31-12-4-5-14-34(31)28-45/h1-22,24,37H,23,25-28H2/t37-/m0/s1. The van der Waals surface area contributed by atoms with Crippen LogP contribution in [0.25, 0.3) is 17.3 Å². The molecule has 1 aromatic heterocycles. The number of carbonyl (C=O) groups is 2. The van der Waals surface area contributed by atoms with Crippen molar-refractivity contribution in [1.29, 1.82) is 0 Å². The highest BCUT2D eigenvalue weighted by atomic mass is 19.4. The third-order valence-corrected chi connectivity index (χ3v) is 8.60. The number of aromatic nitrogens is 1. The molecule has 0 N–H and O–H groups in total. The van der Waals surface area contributed by atoms with Crippen LogP contribution in [0, 0.1) is 0 Å². The van der Waals surface area contributed by atoms with Gasteiger partial charge in [-0.2, -0.15) is 13.2 Å². The van der Waals surface area contributed by atoms with Gasteiger partial charge >= 0.3 is 6.18 Å². The van der Waals surface area contributed by atoms with Gasteiger partial charge in [-0.05, 0) is 58.5 Å². The Hall–Kier alpha value is -5.50. The molecule has 0 radical (unpaired) electrons. The molecule has 0 bridgehead atoms. The van der Waals surface area contributed by atoms with E-state index in [1.165, 1.54) is 34.7 Å². The number of halogens is 3. The zero-order valence-corrected chi connectivity index (χ0v) is 26.2. The maximum Gasteiger partial charge on any atom is 0.416 e. The number of nitrogens with zero attached hydrogens (tertiary/aromatic N) is 3. The molecule has 48 heavy (non-hydrogen) atoms. The van der Waals surface area contributed by atoms with Gasteiger partial charge in [0.25, 0.3) is 0 Å². The molecule has 0 saturated carbocycles. The Bertz CT molecular complexity index is 1890. The van der Waals surface area contributed by atoms with Gasteiger partial charge in [0.2, 0.25) is 11.8 Å². The summed E-state index contributed by atoms with van der Waals surface area (Å²) < 4.78 is 41.3. The summed E-state index contributed by atoms with van der Waals surface area (Å²) in [5, 5.41) is 0. The van der Waals surface area contributed by atoms with Gasteiger partial charge in [-0.3, -0.25) is 14.6 Å². The highest BCUT2D eigenvalue weighted by Gasteiger charge is 2.35. The van der Waals surface area contributed by atoms with Crippen LogP contribution in [0.1, 0.15) is 33.4 Å². The SMILES string of the molecule is O=C([C@H](Cc1ccccc1)N(Cc1ccc(-c2ccccn2)cc1)C(=O)C=Cc1ccccc1C(F)(F)F)N1CCc2ccccc2C1. The van der Waals surface area contributed by atoms with E-state index in [0.29, 0.717) is 19.5 Å². The molecule has 2 heterocycles. The predicted octanol–water partition coefficient (Wildman–Crippen LogP) is 8.01. The first-order valence-electron chi connectivity index (χ1n) is 15.8. The Morgan fingerprint density at radius 1 is 0.792 bits per heavy atom. The number of fused-ring (bicyclic) bond motifs is 1. The van der Waals surface area contributed by atoms with E-state index in [4.69, 9.17) is 0 Å². The molecule has 0 fully saturated rings. The van der Waals surface area contributed by atoms with E-state index < -0.39 is 23.7 Å². The summed E-state index contributed by atoms with van der Waals surface area (Å²) in [6, 6.07) is 34.9. The molecule has 0 spiro atoms. The van der Waals surface area contributed by atoms with Crippen LogP contribution < -0.4 is 0 Å². The monoisotopic (exact) mass is 645 g/mol.